The standard InChI is InChI=1S/C22H27N3O7/c1-6-31-20-12-18(25(28)29)17(11-19(20)30-5)22(27)32-14-21(26)24(4)13-15-7-9-16(10-8-15)23(2)3/h7-12H,6,13-14H2,1-5H3. The number of likely N-dealkylation sites (N-methyl/N-ethyl adjacent to an activating group) is 1. The molecule has 10 heteroatoms. The van der Waals surface area contributed by atoms with Crippen molar-refractivity contribution in [3.05, 3.63) is 57.6 Å². The number of amides is 1. The SMILES string of the molecule is CCOc1cc([N+](=O)[O-])c(C(=O)OCC(=O)N(C)Cc2ccc(N(C)C)cc2)cc1OC. The van der Waals surface area contributed by atoms with E-state index in [1.165, 1.54) is 18.1 Å². The third-order valence-electron chi connectivity index (χ3n) is 4.62. The van der Waals surface area contributed by atoms with Crippen molar-refractivity contribution in [3.63, 3.8) is 0 Å². The Morgan fingerprint density at radius 2 is 1.72 bits per heavy atom. The quantitative estimate of drug-likeness (QED) is 0.312. The van der Waals surface area contributed by atoms with Gasteiger partial charge in [-0.3, -0.25) is 14.9 Å². The lowest BCUT2D eigenvalue weighted by molar-refractivity contribution is -0.385. The Morgan fingerprint density at radius 3 is 2.25 bits per heavy atom. The van der Waals surface area contributed by atoms with Gasteiger partial charge in [0.05, 0.1) is 24.7 Å². The van der Waals surface area contributed by atoms with Crippen LogP contribution in [-0.4, -0.2) is 63.2 Å². The van der Waals surface area contributed by atoms with Gasteiger partial charge in [-0.15, -0.1) is 0 Å². The minimum absolute atomic E-state index is 0.134. The number of nitro benzene ring substituents is 1. The van der Waals surface area contributed by atoms with Gasteiger partial charge in [0, 0.05) is 39.4 Å². The summed E-state index contributed by atoms with van der Waals surface area (Å²) in [5.41, 5.74) is 1.11. The fourth-order valence-corrected chi connectivity index (χ4v) is 2.87. The number of rotatable bonds is 10. The number of benzene rings is 2. The largest absolute Gasteiger partial charge is 0.493 e. The average molecular weight is 445 g/mol. The molecule has 0 fully saturated rings. The van der Waals surface area contributed by atoms with E-state index in [-0.39, 0.29) is 23.7 Å². The maximum Gasteiger partial charge on any atom is 0.345 e. The maximum atomic E-state index is 12.5. The highest BCUT2D eigenvalue weighted by Crippen LogP contribution is 2.35. The Hall–Kier alpha value is -3.82. The van der Waals surface area contributed by atoms with Gasteiger partial charge in [0.25, 0.3) is 11.6 Å². The third kappa shape index (κ3) is 6.10. The van der Waals surface area contributed by atoms with Gasteiger partial charge < -0.3 is 24.0 Å². The summed E-state index contributed by atoms with van der Waals surface area (Å²) in [4.78, 5) is 39.0. The number of esters is 1. The number of anilines is 1. The molecule has 10 nitrogen and oxygen atoms in total. The Morgan fingerprint density at radius 1 is 1.06 bits per heavy atom. The van der Waals surface area contributed by atoms with Crippen LogP contribution in [0.3, 0.4) is 0 Å². The monoisotopic (exact) mass is 445 g/mol. The lowest BCUT2D eigenvalue weighted by Crippen LogP contribution is -2.31. The molecule has 0 heterocycles. The van der Waals surface area contributed by atoms with Crippen LogP contribution in [0.4, 0.5) is 11.4 Å². The number of ether oxygens (including phenoxy) is 3. The van der Waals surface area contributed by atoms with E-state index >= 15 is 0 Å². The van der Waals surface area contributed by atoms with Crippen molar-refractivity contribution in [1.29, 1.82) is 0 Å². The summed E-state index contributed by atoms with van der Waals surface area (Å²) in [5, 5.41) is 11.4. The maximum absolute atomic E-state index is 12.5. The van der Waals surface area contributed by atoms with E-state index in [2.05, 4.69) is 0 Å². The van der Waals surface area contributed by atoms with Gasteiger partial charge >= 0.3 is 5.97 Å². The second-order valence-corrected chi connectivity index (χ2v) is 7.10. The normalized spacial score (nSPS) is 10.3. The van der Waals surface area contributed by atoms with Gasteiger partial charge in [0.1, 0.15) is 5.56 Å². The zero-order valence-corrected chi connectivity index (χ0v) is 18.8. The fraction of sp³-hybridized carbons (Fsp3) is 0.364. The van der Waals surface area contributed by atoms with Gasteiger partial charge in [0.15, 0.2) is 18.1 Å². The molecule has 0 aromatic heterocycles. The fourth-order valence-electron chi connectivity index (χ4n) is 2.87. The molecular weight excluding hydrogens is 418 g/mol. The van der Waals surface area contributed by atoms with Crippen molar-refractivity contribution < 1.29 is 28.7 Å². The summed E-state index contributed by atoms with van der Waals surface area (Å²) in [6.07, 6.45) is 0. The highest BCUT2D eigenvalue weighted by Gasteiger charge is 2.26. The number of methoxy groups -OCH3 is 1. The van der Waals surface area contributed by atoms with Gasteiger partial charge in [-0.25, -0.2) is 4.79 Å². The van der Waals surface area contributed by atoms with Crippen LogP contribution in [0.25, 0.3) is 0 Å². The molecule has 0 N–H and O–H groups in total. The van der Waals surface area contributed by atoms with E-state index in [9.17, 15) is 19.7 Å². The van der Waals surface area contributed by atoms with Crippen molar-refractivity contribution in [1.82, 2.24) is 4.90 Å². The number of hydrogen-bond donors (Lipinski definition) is 0. The molecule has 2 rings (SSSR count). The second kappa shape index (κ2) is 11.0. The highest BCUT2D eigenvalue weighted by molar-refractivity contribution is 5.96. The minimum Gasteiger partial charge on any atom is -0.493 e. The zero-order chi connectivity index (χ0) is 23.8. The number of nitrogens with zero attached hydrogens (tertiary/aromatic N) is 3. The Bertz CT molecular complexity index is 974. The van der Waals surface area contributed by atoms with Crippen molar-refractivity contribution in [2.75, 3.05) is 46.4 Å². The minimum atomic E-state index is -1.00. The zero-order valence-electron chi connectivity index (χ0n) is 18.8. The molecule has 0 bridgehead atoms. The summed E-state index contributed by atoms with van der Waals surface area (Å²) >= 11 is 0. The summed E-state index contributed by atoms with van der Waals surface area (Å²) in [5.74, 6) is -1.17. The van der Waals surface area contributed by atoms with E-state index in [1.807, 2.05) is 43.3 Å². The van der Waals surface area contributed by atoms with Crippen molar-refractivity contribution in [3.8, 4) is 11.5 Å². The van der Waals surface area contributed by atoms with Gasteiger partial charge in [-0.1, -0.05) is 12.1 Å². The molecule has 0 unspecified atom stereocenters. The van der Waals surface area contributed by atoms with Crippen LogP contribution in [0, 0.1) is 10.1 Å². The van der Waals surface area contributed by atoms with Crippen LogP contribution in [0.5, 0.6) is 11.5 Å². The molecule has 32 heavy (non-hydrogen) atoms. The topological polar surface area (TPSA) is 111 Å². The lowest BCUT2D eigenvalue weighted by Gasteiger charge is -2.18. The molecular formula is C22H27N3O7. The highest BCUT2D eigenvalue weighted by atomic mass is 16.6. The van der Waals surface area contributed by atoms with Crippen LogP contribution in [0.2, 0.25) is 0 Å². The van der Waals surface area contributed by atoms with Crippen LogP contribution >= 0.6 is 0 Å². The molecule has 0 spiro atoms. The van der Waals surface area contributed by atoms with E-state index in [4.69, 9.17) is 14.2 Å². The van der Waals surface area contributed by atoms with Crippen LogP contribution in [0.15, 0.2) is 36.4 Å². The molecule has 0 aliphatic carbocycles. The van der Waals surface area contributed by atoms with Crippen molar-refractivity contribution >= 4 is 23.3 Å². The first-order valence-corrected chi connectivity index (χ1v) is 9.84. The summed E-state index contributed by atoms with van der Waals surface area (Å²) in [7, 11) is 6.80. The van der Waals surface area contributed by atoms with Crippen LogP contribution in [0.1, 0.15) is 22.8 Å². The van der Waals surface area contributed by atoms with Gasteiger partial charge in [0.2, 0.25) is 0 Å². The number of hydrogen-bond acceptors (Lipinski definition) is 8. The van der Waals surface area contributed by atoms with Gasteiger partial charge in [-0.05, 0) is 24.6 Å². The first kappa shape index (κ1) is 24.4. The first-order chi connectivity index (χ1) is 15.2. The van der Waals surface area contributed by atoms with Crippen molar-refractivity contribution in [2.24, 2.45) is 0 Å². The smallest absolute Gasteiger partial charge is 0.345 e. The number of carbonyl (C=O) groups is 2. The molecule has 0 saturated carbocycles. The molecule has 1 amide bonds. The molecule has 0 saturated heterocycles. The first-order valence-electron chi connectivity index (χ1n) is 9.84. The van der Waals surface area contributed by atoms with Crippen molar-refractivity contribution in [2.45, 2.75) is 13.5 Å². The Balaban J connectivity index is 2.07. The molecule has 0 aliphatic heterocycles. The number of nitro groups is 1. The van der Waals surface area contributed by atoms with Crippen LogP contribution in [-0.2, 0) is 16.1 Å². The van der Waals surface area contributed by atoms with E-state index < -0.39 is 29.1 Å². The lowest BCUT2D eigenvalue weighted by atomic mass is 10.1. The van der Waals surface area contributed by atoms with E-state index in [0.717, 1.165) is 17.3 Å². The van der Waals surface area contributed by atoms with E-state index in [0.29, 0.717) is 6.54 Å². The Kier molecular flexibility index (Phi) is 8.39. The summed E-state index contributed by atoms with van der Waals surface area (Å²) < 4.78 is 15.5. The third-order valence-corrected chi connectivity index (χ3v) is 4.62. The predicted octanol–water partition coefficient (Wildman–Crippen LogP) is 2.88. The predicted molar refractivity (Wildman–Crippen MR) is 118 cm³/mol. The number of carbonyl (C=O) groups excluding carboxylic acids is 2. The van der Waals surface area contributed by atoms with Gasteiger partial charge in [-0.2, -0.15) is 0 Å². The Labute approximate surface area is 186 Å². The molecule has 0 atom stereocenters. The van der Waals surface area contributed by atoms with E-state index in [1.54, 1.807) is 14.0 Å². The molecule has 172 valence electrons. The summed E-state index contributed by atoms with van der Waals surface area (Å²) in [6, 6.07) is 9.95. The second-order valence-electron chi connectivity index (χ2n) is 7.10. The average Bonchev–Trinajstić information content (AvgIpc) is 2.77. The molecule has 0 aliphatic rings. The summed E-state index contributed by atoms with van der Waals surface area (Å²) in [6.45, 7) is 1.74. The molecule has 2 aromatic carbocycles. The molecule has 0 radical (unpaired) electrons. The van der Waals surface area contributed by atoms with Crippen LogP contribution < -0.4 is 14.4 Å². The molecule has 2 aromatic rings.